The zero-order valence-electron chi connectivity index (χ0n) is 30.3. The first-order valence-corrected chi connectivity index (χ1v) is 19.7. The summed E-state index contributed by atoms with van der Waals surface area (Å²) in [5.74, 6) is 2.63. The molecule has 7 rings (SSSR count). The molecule has 1 aromatic heterocycles. The van der Waals surface area contributed by atoms with Gasteiger partial charge in [-0.2, -0.15) is 16.6 Å². The van der Waals surface area contributed by atoms with E-state index in [0.29, 0.717) is 37.6 Å². The molecule has 0 radical (unpaired) electrons. The van der Waals surface area contributed by atoms with Gasteiger partial charge in [-0.3, -0.25) is 4.79 Å². The molecule has 2 saturated heterocycles. The fourth-order valence-electron chi connectivity index (χ4n) is 12.7. The lowest BCUT2D eigenvalue weighted by Crippen LogP contribution is -2.69. The van der Waals surface area contributed by atoms with Crippen molar-refractivity contribution in [1.29, 1.82) is 0 Å². The molecule has 0 amide bonds. The van der Waals surface area contributed by atoms with E-state index in [4.69, 9.17) is 20.9 Å². The van der Waals surface area contributed by atoms with Crippen LogP contribution in [0.4, 0.5) is 5.95 Å². The summed E-state index contributed by atoms with van der Waals surface area (Å²) in [4.78, 5) is 15.2. The van der Waals surface area contributed by atoms with Gasteiger partial charge in [0.15, 0.2) is 0 Å². The number of anilines is 1. The molecule has 5 N–H and O–H groups in total. The van der Waals surface area contributed by atoms with Gasteiger partial charge in [0.2, 0.25) is 0 Å². The summed E-state index contributed by atoms with van der Waals surface area (Å²) >= 11 is 1.97. The first-order chi connectivity index (χ1) is 22.5. The van der Waals surface area contributed by atoms with E-state index in [1.54, 1.807) is 4.80 Å². The Bertz CT molecular complexity index is 1450. The van der Waals surface area contributed by atoms with E-state index in [1.807, 2.05) is 11.8 Å². The number of thioether (sulfide) groups is 1. The Morgan fingerprint density at radius 1 is 1.10 bits per heavy atom. The van der Waals surface area contributed by atoms with E-state index in [9.17, 15) is 9.90 Å². The van der Waals surface area contributed by atoms with Gasteiger partial charge in [-0.05, 0) is 108 Å². The maximum Gasteiger partial charge on any atom is 0.307 e. The van der Waals surface area contributed by atoms with E-state index in [-0.39, 0.29) is 56.6 Å². The van der Waals surface area contributed by atoms with Crippen molar-refractivity contribution >= 4 is 23.7 Å². The number of nitrogen functional groups attached to an aromatic ring is 1. The molecule has 1 aromatic rings. The van der Waals surface area contributed by atoms with Crippen LogP contribution in [0.15, 0.2) is 11.6 Å². The number of nitrogens with two attached hydrogens (primary N) is 2. The number of ether oxygens (including phenoxy) is 2. The Kier molecular flexibility index (Phi) is 8.45. The minimum absolute atomic E-state index is 0.145. The van der Waals surface area contributed by atoms with E-state index < -0.39 is 11.9 Å². The zero-order chi connectivity index (χ0) is 34.5. The average molecular weight is 685 g/mol. The number of carbonyl (C=O) groups is 1. The maximum atomic E-state index is 13.4. The lowest BCUT2D eigenvalue weighted by molar-refractivity contribution is -0.253. The lowest BCUT2D eigenvalue weighted by Gasteiger charge is -2.71. The van der Waals surface area contributed by atoms with E-state index >= 15 is 0 Å². The molecule has 0 aromatic carbocycles. The van der Waals surface area contributed by atoms with Crippen LogP contribution in [-0.2, 0) is 14.3 Å². The first kappa shape index (κ1) is 34.7. The second kappa shape index (κ2) is 11.7. The number of fused-ring (bicyclic) bond motifs is 3. The molecule has 11 atom stereocenters. The van der Waals surface area contributed by atoms with Crippen molar-refractivity contribution in [3.63, 3.8) is 0 Å². The Hall–Kier alpha value is -1.69. The molecule has 10 nitrogen and oxygen atoms in total. The van der Waals surface area contributed by atoms with Crippen LogP contribution in [0.5, 0.6) is 0 Å². The summed E-state index contributed by atoms with van der Waals surface area (Å²) in [5.41, 5.74) is 12.9. The van der Waals surface area contributed by atoms with Crippen molar-refractivity contribution in [2.24, 2.45) is 62.4 Å². The molecule has 2 aliphatic heterocycles. The van der Waals surface area contributed by atoms with Gasteiger partial charge in [0, 0.05) is 16.4 Å². The third-order valence-electron chi connectivity index (χ3n) is 15.9. The molecule has 3 heterocycles. The average Bonchev–Trinajstić information content (AvgIpc) is 3.46. The van der Waals surface area contributed by atoms with Gasteiger partial charge in [-0.1, -0.05) is 65.2 Å². The number of hydrogen-bond acceptors (Lipinski definition) is 9. The van der Waals surface area contributed by atoms with Gasteiger partial charge in [0.05, 0.1) is 31.8 Å². The number of carboxylic acid groups (broad SMARTS) is 1. The summed E-state index contributed by atoms with van der Waals surface area (Å²) in [6.07, 6.45) is 9.83. The van der Waals surface area contributed by atoms with Crippen molar-refractivity contribution in [2.45, 2.75) is 118 Å². The van der Waals surface area contributed by atoms with Crippen LogP contribution in [0, 0.1) is 56.7 Å². The molecule has 6 aliphatic rings. The smallest absolute Gasteiger partial charge is 0.307 e. The summed E-state index contributed by atoms with van der Waals surface area (Å²) < 4.78 is 13.7. The van der Waals surface area contributed by atoms with Crippen molar-refractivity contribution in [3.8, 4) is 0 Å². The largest absolute Gasteiger partial charge is 0.481 e. The number of aliphatic carboxylic acids is 1. The number of carboxylic acids is 1. The predicted octanol–water partition coefficient (Wildman–Crippen LogP) is 5.99. The fraction of sp³-hybridized carbons (Fsp3) is 0.892. The highest BCUT2D eigenvalue weighted by molar-refractivity contribution is 7.99. The Morgan fingerprint density at radius 2 is 1.83 bits per heavy atom. The molecule has 1 unspecified atom stereocenters. The standard InChI is InChI=1S/C37H60N6O4S/c1-22(2)23(3)32(4)12-13-34(6)24-8-9-27-33(5)19-46-21-37(27,25(24)10-11-35(34,7)28(32)30(44)45)18-26(43-41-31(38)40-42-43)29(33)47-20-36(39)14-16-48-17-15-36/h10,22-24,26-29H,8-9,11-21,39H2,1-7H3,(H2,38,41)(H,44,45)/t23-,24+,26-,27+,28-,29+,32-,33+,34-,35+,37?/m1/s1. The number of allylic oxidation sites excluding steroid dienone is 1. The van der Waals surface area contributed by atoms with Crippen LogP contribution < -0.4 is 11.5 Å². The monoisotopic (exact) mass is 684 g/mol. The minimum atomic E-state index is -0.627. The second-order valence-corrected chi connectivity index (χ2v) is 19.5. The number of nitrogens with zero attached hydrogens (tertiary/aromatic N) is 4. The van der Waals surface area contributed by atoms with Crippen molar-refractivity contribution < 1.29 is 19.4 Å². The van der Waals surface area contributed by atoms with Crippen LogP contribution >= 0.6 is 11.8 Å². The maximum absolute atomic E-state index is 13.4. The van der Waals surface area contributed by atoms with Crippen molar-refractivity contribution in [3.05, 3.63) is 11.6 Å². The summed E-state index contributed by atoms with van der Waals surface area (Å²) in [6, 6.07) is -0.171. The molecule has 4 aliphatic carbocycles. The predicted molar refractivity (Wildman–Crippen MR) is 188 cm³/mol. The third-order valence-corrected chi connectivity index (χ3v) is 16.9. The molecule has 48 heavy (non-hydrogen) atoms. The summed E-state index contributed by atoms with van der Waals surface area (Å²) in [5, 5.41) is 24.2. The fourth-order valence-corrected chi connectivity index (χ4v) is 14.0. The quantitative estimate of drug-likeness (QED) is 0.292. The summed E-state index contributed by atoms with van der Waals surface area (Å²) in [7, 11) is 0. The lowest BCUT2D eigenvalue weighted by atomic mass is 9.34. The second-order valence-electron chi connectivity index (χ2n) is 18.3. The molecule has 2 bridgehead atoms. The van der Waals surface area contributed by atoms with Crippen LogP contribution in [0.25, 0.3) is 0 Å². The van der Waals surface area contributed by atoms with Crippen LogP contribution in [-0.4, -0.2) is 74.3 Å². The van der Waals surface area contributed by atoms with Gasteiger partial charge in [0.25, 0.3) is 5.95 Å². The van der Waals surface area contributed by atoms with Gasteiger partial charge in [-0.15, -0.1) is 5.10 Å². The van der Waals surface area contributed by atoms with Crippen LogP contribution in [0.1, 0.15) is 106 Å². The normalized spacial score (nSPS) is 45.8. The number of rotatable bonds is 7. The van der Waals surface area contributed by atoms with Gasteiger partial charge in [-0.25, -0.2) is 0 Å². The minimum Gasteiger partial charge on any atom is -0.481 e. The summed E-state index contributed by atoms with van der Waals surface area (Å²) in [6.45, 7) is 17.9. The van der Waals surface area contributed by atoms with E-state index in [2.05, 4.69) is 70.0 Å². The molecule has 0 spiro atoms. The number of aromatic nitrogens is 4. The highest BCUT2D eigenvalue weighted by atomic mass is 32.2. The highest BCUT2D eigenvalue weighted by Crippen LogP contribution is 2.75. The zero-order valence-corrected chi connectivity index (χ0v) is 31.2. The molecule has 268 valence electrons. The van der Waals surface area contributed by atoms with Gasteiger partial charge in [0.1, 0.15) is 6.04 Å². The first-order valence-electron chi connectivity index (χ1n) is 18.6. The SMILES string of the molecule is CC(C)[C@@H](C)[C@@]1(C)CC[C@]2(C)[C@H]3CC[C@@H]4C5(COC[C@]4(C)[C@@H](OCC4(N)CCSCC4)[C@H](n4nnc(N)n4)C5)C3=CC[C@@]2(C)[C@@H]1C(=O)O. The molecular weight excluding hydrogens is 625 g/mol. The third kappa shape index (κ3) is 4.82. The van der Waals surface area contributed by atoms with E-state index in [0.717, 1.165) is 62.9 Å². The van der Waals surface area contributed by atoms with Gasteiger partial charge >= 0.3 is 5.97 Å². The molecular formula is C37H60N6O4S. The number of hydrogen-bond donors (Lipinski definition) is 3. The number of tetrazole rings is 1. The Morgan fingerprint density at radius 3 is 2.48 bits per heavy atom. The van der Waals surface area contributed by atoms with Crippen LogP contribution in [0.3, 0.4) is 0 Å². The Labute approximate surface area is 291 Å². The Balaban J connectivity index is 1.29. The van der Waals surface area contributed by atoms with Crippen LogP contribution in [0.2, 0.25) is 0 Å². The van der Waals surface area contributed by atoms with E-state index in [1.165, 1.54) is 5.57 Å². The molecule has 5 fully saturated rings. The molecule has 3 saturated carbocycles. The van der Waals surface area contributed by atoms with Crippen molar-refractivity contribution in [2.75, 3.05) is 37.1 Å². The van der Waals surface area contributed by atoms with Gasteiger partial charge < -0.3 is 26.0 Å². The van der Waals surface area contributed by atoms with Crippen molar-refractivity contribution in [1.82, 2.24) is 20.2 Å². The highest BCUT2D eigenvalue weighted by Gasteiger charge is 2.72. The molecule has 11 heteroatoms. The topological polar surface area (TPSA) is 151 Å².